The molecule has 0 aliphatic carbocycles. The molecule has 10 heteroatoms. The first-order chi connectivity index (χ1) is 15.7. The number of aromatic hydroxyl groups is 1. The maximum atomic E-state index is 13.3. The molecule has 0 bridgehead atoms. The first-order valence-electron chi connectivity index (χ1n) is 10.8. The van der Waals surface area contributed by atoms with Gasteiger partial charge >= 0.3 is 0 Å². The molecule has 2 aromatic carbocycles. The molecule has 1 aliphatic rings. The first-order valence-corrected chi connectivity index (χ1v) is 12.7. The molecule has 2 aromatic rings. The molecule has 1 fully saturated rings. The second-order valence-corrected chi connectivity index (χ2v) is 9.92. The summed E-state index contributed by atoms with van der Waals surface area (Å²) in [6.07, 6.45) is 2.97. The van der Waals surface area contributed by atoms with E-state index in [1.807, 2.05) is 17.0 Å². The molecule has 0 spiro atoms. The second-order valence-electron chi connectivity index (χ2n) is 8.17. The maximum absolute atomic E-state index is 13.3. The minimum Gasteiger partial charge on any atom is -0.506 e. The number of hydrogen-bond donors (Lipinski definition) is 4. The summed E-state index contributed by atoms with van der Waals surface area (Å²) >= 11 is 0. The van der Waals surface area contributed by atoms with Crippen molar-refractivity contribution in [3.63, 3.8) is 0 Å². The number of hydrogen-bond acceptors (Lipinski definition) is 7. The topological polar surface area (TPSA) is 128 Å². The average Bonchev–Trinajstić information content (AvgIpc) is 2.80. The predicted molar refractivity (Wildman–Crippen MR) is 126 cm³/mol. The smallest absolute Gasteiger partial charge is 0.244 e. The Kier molecular flexibility index (Phi) is 8.17. The van der Waals surface area contributed by atoms with Gasteiger partial charge in [0.1, 0.15) is 17.5 Å². The van der Waals surface area contributed by atoms with Gasteiger partial charge in [0.15, 0.2) is 0 Å². The standard InChI is InChI=1S/C23H31N3O6S/c1-32-18-9-6-16(7-10-18)22(23(29)26-12-4-3-5-13-26)24-15-21(28)17-8-11-20(27)19(14-17)25-33(2,30)31/h6-11,14,21-22,24-25,27-28H,3-5,12-13,15H2,1-2H3/t21-,22-/m0/s1. The van der Waals surface area contributed by atoms with Crippen molar-refractivity contribution in [2.24, 2.45) is 0 Å². The maximum Gasteiger partial charge on any atom is 0.244 e. The van der Waals surface area contributed by atoms with E-state index in [1.165, 1.54) is 18.2 Å². The zero-order chi connectivity index (χ0) is 24.0. The number of nitrogens with zero attached hydrogens (tertiary/aromatic N) is 1. The van der Waals surface area contributed by atoms with Crippen LogP contribution in [-0.2, 0) is 14.8 Å². The van der Waals surface area contributed by atoms with Crippen molar-refractivity contribution in [2.45, 2.75) is 31.4 Å². The lowest BCUT2D eigenvalue weighted by molar-refractivity contribution is -0.134. The Labute approximate surface area is 194 Å². The van der Waals surface area contributed by atoms with Crippen LogP contribution >= 0.6 is 0 Å². The number of sulfonamides is 1. The summed E-state index contributed by atoms with van der Waals surface area (Å²) in [5.74, 6) is 0.371. The van der Waals surface area contributed by atoms with E-state index in [1.54, 1.807) is 19.2 Å². The number of rotatable bonds is 9. The average molecular weight is 478 g/mol. The molecule has 3 rings (SSSR count). The van der Waals surface area contributed by atoms with Crippen LogP contribution in [0, 0.1) is 0 Å². The number of anilines is 1. The summed E-state index contributed by atoms with van der Waals surface area (Å²) in [6, 6.07) is 10.7. The van der Waals surface area contributed by atoms with Crippen molar-refractivity contribution < 1.29 is 28.2 Å². The number of benzene rings is 2. The minimum atomic E-state index is -3.60. The van der Waals surface area contributed by atoms with Crippen LogP contribution in [0.4, 0.5) is 5.69 Å². The number of aliphatic hydroxyl groups is 1. The highest BCUT2D eigenvalue weighted by Crippen LogP contribution is 2.28. The summed E-state index contributed by atoms with van der Waals surface area (Å²) in [4.78, 5) is 15.1. The van der Waals surface area contributed by atoms with Crippen molar-refractivity contribution in [2.75, 3.05) is 37.7 Å². The van der Waals surface area contributed by atoms with Crippen LogP contribution < -0.4 is 14.8 Å². The molecule has 0 radical (unpaired) electrons. The van der Waals surface area contributed by atoms with E-state index in [0.29, 0.717) is 24.4 Å². The van der Waals surface area contributed by atoms with Crippen molar-refractivity contribution in [3.8, 4) is 11.5 Å². The highest BCUT2D eigenvalue weighted by molar-refractivity contribution is 7.92. The van der Waals surface area contributed by atoms with Gasteiger partial charge in [0.05, 0.1) is 25.2 Å². The number of amides is 1. The number of methoxy groups -OCH3 is 1. The number of piperidine rings is 1. The van der Waals surface area contributed by atoms with Crippen molar-refractivity contribution in [3.05, 3.63) is 53.6 Å². The lowest BCUT2D eigenvalue weighted by Gasteiger charge is -2.31. The van der Waals surface area contributed by atoms with Crippen molar-refractivity contribution in [1.29, 1.82) is 0 Å². The van der Waals surface area contributed by atoms with Gasteiger partial charge in [0.2, 0.25) is 15.9 Å². The van der Waals surface area contributed by atoms with Crippen molar-refractivity contribution in [1.82, 2.24) is 10.2 Å². The molecule has 0 unspecified atom stereocenters. The number of carbonyl (C=O) groups excluding carboxylic acids is 1. The zero-order valence-electron chi connectivity index (χ0n) is 18.8. The molecule has 1 heterocycles. The highest BCUT2D eigenvalue weighted by atomic mass is 32.2. The first kappa shape index (κ1) is 24.8. The molecule has 0 aromatic heterocycles. The lowest BCUT2D eigenvalue weighted by Crippen LogP contribution is -2.44. The molecule has 0 saturated carbocycles. The molecule has 1 aliphatic heterocycles. The number of nitrogens with one attached hydrogen (secondary N) is 2. The fraction of sp³-hybridized carbons (Fsp3) is 0.435. The van der Waals surface area contributed by atoms with Crippen LogP contribution in [0.25, 0.3) is 0 Å². The number of phenols is 1. The predicted octanol–water partition coefficient (Wildman–Crippen LogP) is 2.15. The van der Waals surface area contributed by atoms with Gasteiger partial charge in [-0.25, -0.2) is 8.42 Å². The van der Waals surface area contributed by atoms with E-state index in [-0.39, 0.29) is 23.9 Å². The molecule has 180 valence electrons. The summed E-state index contributed by atoms with van der Waals surface area (Å²) in [6.45, 7) is 1.45. The van der Waals surface area contributed by atoms with Crippen molar-refractivity contribution >= 4 is 21.6 Å². The van der Waals surface area contributed by atoms with Gasteiger partial charge < -0.3 is 19.8 Å². The highest BCUT2D eigenvalue weighted by Gasteiger charge is 2.27. The molecule has 1 saturated heterocycles. The van der Waals surface area contributed by atoms with Crippen LogP contribution in [0.3, 0.4) is 0 Å². The molecule has 33 heavy (non-hydrogen) atoms. The van der Waals surface area contributed by atoms with Gasteiger partial charge in [-0.05, 0) is 54.7 Å². The quantitative estimate of drug-likeness (QED) is 0.408. The van der Waals surface area contributed by atoms with Gasteiger partial charge in [0.25, 0.3) is 0 Å². The fourth-order valence-electron chi connectivity index (χ4n) is 3.83. The van der Waals surface area contributed by atoms with E-state index in [9.17, 15) is 23.4 Å². The number of likely N-dealkylation sites (tertiary alicyclic amines) is 1. The van der Waals surface area contributed by atoms with Crippen LogP contribution in [-0.4, -0.2) is 62.4 Å². The Morgan fingerprint density at radius 2 is 1.73 bits per heavy atom. The Balaban J connectivity index is 1.78. The van der Waals surface area contributed by atoms with Gasteiger partial charge in [0, 0.05) is 19.6 Å². The molecule has 1 amide bonds. The third kappa shape index (κ3) is 6.83. The summed E-state index contributed by atoms with van der Waals surface area (Å²) in [5, 5.41) is 23.8. The zero-order valence-corrected chi connectivity index (χ0v) is 19.6. The molecule has 9 nitrogen and oxygen atoms in total. The number of aliphatic hydroxyl groups excluding tert-OH is 1. The number of ether oxygens (including phenoxy) is 1. The summed E-state index contributed by atoms with van der Waals surface area (Å²) in [5.41, 5.74) is 1.12. The third-order valence-electron chi connectivity index (χ3n) is 5.58. The van der Waals surface area contributed by atoms with Gasteiger partial charge in [-0.1, -0.05) is 18.2 Å². The number of carbonyl (C=O) groups is 1. The minimum absolute atomic E-state index is 0.0230. The van der Waals surface area contributed by atoms with E-state index in [4.69, 9.17) is 4.74 Å². The lowest BCUT2D eigenvalue weighted by atomic mass is 10.0. The largest absolute Gasteiger partial charge is 0.506 e. The molecule has 2 atom stereocenters. The Hall–Kier alpha value is -2.82. The van der Waals surface area contributed by atoms with Gasteiger partial charge in [-0.15, -0.1) is 0 Å². The van der Waals surface area contributed by atoms with E-state index in [0.717, 1.165) is 31.1 Å². The van der Waals surface area contributed by atoms with Crippen LogP contribution in [0.1, 0.15) is 42.5 Å². The second kappa shape index (κ2) is 10.9. The Morgan fingerprint density at radius 3 is 2.33 bits per heavy atom. The monoisotopic (exact) mass is 477 g/mol. The van der Waals surface area contributed by atoms with Crippen LogP contribution in [0.2, 0.25) is 0 Å². The number of phenolic OH excluding ortho intramolecular Hbond substituents is 1. The van der Waals surface area contributed by atoms with Crippen LogP contribution in [0.15, 0.2) is 42.5 Å². The van der Waals surface area contributed by atoms with Crippen LogP contribution in [0.5, 0.6) is 11.5 Å². The van der Waals surface area contributed by atoms with Gasteiger partial charge in [-0.3, -0.25) is 14.8 Å². The summed E-state index contributed by atoms with van der Waals surface area (Å²) < 4.78 is 30.5. The molecule has 4 N–H and O–H groups in total. The Morgan fingerprint density at radius 1 is 1.09 bits per heavy atom. The molecular formula is C23H31N3O6S. The Bertz CT molecular complexity index is 1050. The van der Waals surface area contributed by atoms with E-state index >= 15 is 0 Å². The summed E-state index contributed by atoms with van der Waals surface area (Å²) in [7, 11) is -2.03. The SMILES string of the molecule is COc1ccc([C@H](NC[C@H](O)c2ccc(O)c(NS(C)(=O)=O)c2)C(=O)N2CCCCC2)cc1. The molecular weight excluding hydrogens is 446 g/mol. The third-order valence-corrected chi connectivity index (χ3v) is 6.17. The fourth-order valence-corrected chi connectivity index (χ4v) is 4.39. The van der Waals surface area contributed by atoms with E-state index < -0.39 is 22.2 Å². The normalized spacial score (nSPS) is 16.2. The van der Waals surface area contributed by atoms with Gasteiger partial charge in [-0.2, -0.15) is 0 Å². The van der Waals surface area contributed by atoms with E-state index in [2.05, 4.69) is 10.0 Å².